The molecule has 0 aliphatic heterocycles. The van der Waals surface area contributed by atoms with E-state index in [4.69, 9.17) is 23.7 Å². The minimum atomic E-state index is -2.22. The molecule has 0 aliphatic carbocycles. The van der Waals surface area contributed by atoms with Crippen molar-refractivity contribution in [3.8, 4) is 5.75 Å². The van der Waals surface area contributed by atoms with Crippen LogP contribution in [0.25, 0.3) is 0 Å². The molecule has 0 saturated carbocycles. The van der Waals surface area contributed by atoms with Crippen molar-refractivity contribution in [1.82, 2.24) is 0 Å². The fourth-order valence-electron chi connectivity index (χ4n) is 2.95. The van der Waals surface area contributed by atoms with Crippen molar-refractivity contribution >= 4 is 23.9 Å². The van der Waals surface area contributed by atoms with Gasteiger partial charge in [0.25, 0.3) is 0 Å². The number of carbonyl (C=O) groups is 4. The number of carbonyl (C=O) groups excluding carboxylic acids is 4. The van der Waals surface area contributed by atoms with E-state index in [9.17, 15) is 19.2 Å². The summed E-state index contributed by atoms with van der Waals surface area (Å²) in [6.07, 6.45) is 2.83. The quantitative estimate of drug-likeness (QED) is 0.176. The van der Waals surface area contributed by atoms with E-state index in [1.807, 2.05) is 20.8 Å². The molecule has 9 nitrogen and oxygen atoms in total. The van der Waals surface area contributed by atoms with E-state index in [0.717, 1.165) is 19.3 Å². The molecule has 0 fully saturated rings. The molecule has 0 spiro atoms. The Morgan fingerprint density at radius 3 is 1.60 bits per heavy atom. The summed E-state index contributed by atoms with van der Waals surface area (Å²) in [6.45, 7) is 6.12. The molecule has 196 valence electrons. The van der Waals surface area contributed by atoms with E-state index in [1.165, 1.54) is 19.2 Å². The molecule has 0 N–H and O–H groups in total. The van der Waals surface area contributed by atoms with Crippen LogP contribution in [0.2, 0.25) is 0 Å². The molecule has 0 saturated heterocycles. The molecule has 1 aromatic carbocycles. The Morgan fingerprint density at radius 1 is 0.714 bits per heavy atom. The number of hydrogen-bond donors (Lipinski definition) is 0. The monoisotopic (exact) mass is 494 g/mol. The van der Waals surface area contributed by atoms with Crippen molar-refractivity contribution in [2.75, 3.05) is 26.9 Å². The van der Waals surface area contributed by atoms with Gasteiger partial charge in [-0.05, 0) is 43.5 Å². The fraction of sp³-hybridized carbons (Fsp3) is 0.615. The summed E-state index contributed by atoms with van der Waals surface area (Å²) in [5.74, 6) is -2.94. The Kier molecular flexibility index (Phi) is 14.1. The van der Waals surface area contributed by atoms with Gasteiger partial charge in [0.2, 0.25) is 5.60 Å². The van der Waals surface area contributed by atoms with E-state index < -0.39 is 42.3 Å². The summed E-state index contributed by atoms with van der Waals surface area (Å²) >= 11 is 0. The number of unbranched alkanes of at least 4 members (excludes halogenated alkanes) is 3. The van der Waals surface area contributed by atoms with Gasteiger partial charge < -0.3 is 23.7 Å². The second-order valence-corrected chi connectivity index (χ2v) is 8.10. The first kappa shape index (κ1) is 29.9. The summed E-state index contributed by atoms with van der Waals surface area (Å²) in [7, 11) is 1.49. The Balaban J connectivity index is 3.26. The zero-order chi connectivity index (χ0) is 26.1. The van der Waals surface area contributed by atoms with E-state index in [0.29, 0.717) is 25.0 Å². The molecule has 35 heavy (non-hydrogen) atoms. The SMILES string of the molecule is CCCCOC(=O)CC(CC(=O)OCCCC)(OC(=O)c1ccc(OC)cc1)C(=O)OCCCC. The molecule has 1 rings (SSSR count). The first-order valence-corrected chi connectivity index (χ1v) is 12.2. The first-order chi connectivity index (χ1) is 16.8. The highest BCUT2D eigenvalue weighted by atomic mass is 16.6. The first-order valence-electron chi connectivity index (χ1n) is 12.2. The van der Waals surface area contributed by atoms with Crippen LogP contribution in [-0.2, 0) is 33.3 Å². The fourth-order valence-corrected chi connectivity index (χ4v) is 2.95. The normalized spacial score (nSPS) is 10.9. The summed E-state index contributed by atoms with van der Waals surface area (Å²) in [5, 5.41) is 0. The molecule has 1 aromatic rings. The summed E-state index contributed by atoms with van der Waals surface area (Å²) in [6, 6.07) is 6.01. The van der Waals surface area contributed by atoms with Crippen LogP contribution in [0.5, 0.6) is 5.75 Å². The van der Waals surface area contributed by atoms with Gasteiger partial charge in [0.1, 0.15) is 5.75 Å². The lowest BCUT2D eigenvalue weighted by atomic mass is 9.94. The minimum absolute atomic E-state index is 0.0485. The molecule has 0 aliphatic rings. The van der Waals surface area contributed by atoms with E-state index in [-0.39, 0.29) is 25.4 Å². The minimum Gasteiger partial charge on any atom is -0.497 e. The Hall–Kier alpha value is -3.10. The van der Waals surface area contributed by atoms with Crippen molar-refractivity contribution in [3.63, 3.8) is 0 Å². The molecule has 0 unspecified atom stereocenters. The molecule has 0 aromatic heterocycles. The lowest BCUT2D eigenvalue weighted by molar-refractivity contribution is -0.178. The highest BCUT2D eigenvalue weighted by Crippen LogP contribution is 2.27. The van der Waals surface area contributed by atoms with Crippen LogP contribution in [0.4, 0.5) is 0 Å². The smallest absolute Gasteiger partial charge is 0.351 e. The summed E-state index contributed by atoms with van der Waals surface area (Å²) in [4.78, 5) is 51.4. The topological polar surface area (TPSA) is 114 Å². The van der Waals surface area contributed by atoms with Gasteiger partial charge in [-0.1, -0.05) is 40.0 Å². The Labute approximate surface area is 207 Å². The summed E-state index contributed by atoms with van der Waals surface area (Å²) < 4.78 is 26.4. The second kappa shape index (κ2) is 16.5. The third-order valence-corrected chi connectivity index (χ3v) is 5.10. The number of hydrogen-bond acceptors (Lipinski definition) is 9. The number of esters is 4. The van der Waals surface area contributed by atoms with Gasteiger partial charge in [-0.25, -0.2) is 9.59 Å². The standard InChI is InChI=1S/C26H38O9/c1-5-8-15-32-22(27)18-26(25(30)34-17-10-7-3,19-23(28)33-16-9-6-2)35-24(29)20-11-13-21(31-4)14-12-20/h11-14H,5-10,15-19H2,1-4H3. The lowest BCUT2D eigenvalue weighted by Crippen LogP contribution is -2.48. The molecule has 0 heterocycles. The van der Waals surface area contributed by atoms with Gasteiger partial charge in [-0.3, -0.25) is 9.59 Å². The van der Waals surface area contributed by atoms with Crippen molar-refractivity contribution in [2.24, 2.45) is 0 Å². The van der Waals surface area contributed by atoms with Gasteiger partial charge in [0, 0.05) is 0 Å². The van der Waals surface area contributed by atoms with Crippen LogP contribution in [0, 0.1) is 0 Å². The third-order valence-electron chi connectivity index (χ3n) is 5.10. The maximum Gasteiger partial charge on any atom is 0.351 e. The molecular formula is C26H38O9. The molecule has 0 bridgehead atoms. The predicted octanol–water partition coefficient (Wildman–Crippen LogP) is 4.40. The lowest BCUT2D eigenvalue weighted by Gasteiger charge is -2.30. The van der Waals surface area contributed by atoms with Crippen LogP contribution in [0.3, 0.4) is 0 Å². The zero-order valence-corrected chi connectivity index (χ0v) is 21.3. The maximum absolute atomic E-state index is 13.2. The number of methoxy groups -OCH3 is 1. The molecule has 9 heteroatoms. The van der Waals surface area contributed by atoms with Gasteiger partial charge in [0.05, 0.1) is 45.3 Å². The number of ether oxygens (including phenoxy) is 5. The average molecular weight is 495 g/mol. The van der Waals surface area contributed by atoms with Gasteiger partial charge >= 0.3 is 23.9 Å². The van der Waals surface area contributed by atoms with Crippen molar-refractivity contribution < 1.29 is 42.9 Å². The van der Waals surface area contributed by atoms with Crippen LogP contribution in [0.15, 0.2) is 24.3 Å². The van der Waals surface area contributed by atoms with Crippen LogP contribution in [0.1, 0.15) is 82.5 Å². The van der Waals surface area contributed by atoms with Gasteiger partial charge in [0.15, 0.2) is 0 Å². The van der Waals surface area contributed by atoms with Crippen LogP contribution < -0.4 is 4.74 Å². The molecule has 0 amide bonds. The van der Waals surface area contributed by atoms with Crippen molar-refractivity contribution in [2.45, 2.75) is 77.7 Å². The van der Waals surface area contributed by atoms with Gasteiger partial charge in [-0.15, -0.1) is 0 Å². The zero-order valence-electron chi connectivity index (χ0n) is 21.3. The average Bonchev–Trinajstić information content (AvgIpc) is 2.84. The van der Waals surface area contributed by atoms with E-state index in [2.05, 4.69) is 0 Å². The van der Waals surface area contributed by atoms with E-state index in [1.54, 1.807) is 12.1 Å². The molecule has 0 radical (unpaired) electrons. The number of benzene rings is 1. The Morgan fingerprint density at radius 2 is 1.17 bits per heavy atom. The van der Waals surface area contributed by atoms with Crippen LogP contribution in [-0.4, -0.2) is 56.4 Å². The van der Waals surface area contributed by atoms with Crippen molar-refractivity contribution in [3.05, 3.63) is 29.8 Å². The highest BCUT2D eigenvalue weighted by Gasteiger charge is 2.49. The van der Waals surface area contributed by atoms with E-state index >= 15 is 0 Å². The number of rotatable bonds is 17. The van der Waals surface area contributed by atoms with Crippen molar-refractivity contribution in [1.29, 1.82) is 0 Å². The second-order valence-electron chi connectivity index (χ2n) is 8.10. The Bertz CT molecular complexity index is 778. The molecular weight excluding hydrogens is 456 g/mol. The predicted molar refractivity (Wildman–Crippen MR) is 128 cm³/mol. The third kappa shape index (κ3) is 10.8. The largest absolute Gasteiger partial charge is 0.497 e. The molecule has 0 atom stereocenters. The summed E-state index contributed by atoms with van der Waals surface area (Å²) in [5.41, 5.74) is -2.12. The van der Waals surface area contributed by atoms with Crippen LogP contribution >= 0.6 is 0 Å². The van der Waals surface area contributed by atoms with Gasteiger partial charge in [-0.2, -0.15) is 0 Å². The maximum atomic E-state index is 13.2. The highest BCUT2D eigenvalue weighted by molar-refractivity contribution is 5.96.